The van der Waals surface area contributed by atoms with E-state index >= 15 is 0 Å². The van der Waals surface area contributed by atoms with Gasteiger partial charge < -0.3 is 15.2 Å². The number of hydrogen-bond donors (Lipinski definition) is 2. The third kappa shape index (κ3) is 4.48. The van der Waals surface area contributed by atoms with Crippen LogP contribution in [0.2, 0.25) is 10.0 Å². The van der Waals surface area contributed by atoms with Crippen molar-refractivity contribution in [3.05, 3.63) is 87.9 Å². The number of aromatic hydroxyl groups is 1. The van der Waals surface area contributed by atoms with E-state index in [4.69, 9.17) is 27.9 Å². The van der Waals surface area contributed by atoms with Crippen LogP contribution in [-0.2, 0) is 6.61 Å². The number of amides is 1. The molecule has 0 aliphatic carbocycles. The van der Waals surface area contributed by atoms with E-state index in [0.717, 1.165) is 5.56 Å². The highest BCUT2D eigenvalue weighted by atomic mass is 35.5. The average Bonchev–Trinajstić information content (AvgIpc) is 2.64. The maximum atomic E-state index is 12.7. The van der Waals surface area contributed by atoms with Gasteiger partial charge in [-0.05, 0) is 42.0 Å². The second-order valence-corrected chi connectivity index (χ2v) is 6.40. The third-order valence-electron chi connectivity index (χ3n) is 3.63. The maximum Gasteiger partial charge on any atom is 0.259 e. The summed E-state index contributed by atoms with van der Waals surface area (Å²) in [6.45, 7) is 0.311. The lowest BCUT2D eigenvalue weighted by atomic mass is 10.1. The summed E-state index contributed by atoms with van der Waals surface area (Å²) in [5, 5.41) is 13.3. The standard InChI is InChI=1S/C20H15Cl2NO3/c21-14-7-9-19(26-12-13-4-2-1-3-5-13)16(10-14)20(25)23-17-11-15(22)6-8-18(17)24/h1-11,24H,12H2,(H,23,25). The Morgan fingerprint density at radius 1 is 0.962 bits per heavy atom. The molecule has 0 heterocycles. The number of hydrogen-bond acceptors (Lipinski definition) is 3. The molecule has 26 heavy (non-hydrogen) atoms. The first-order chi connectivity index (χ1) is 12.5. The highest BCUT2D eigenvalue weighted by Gasteiger charge is 2.16. The molecule has 3 aromatic rings. The van der Waals surface area contributed by atoms with E-state index in [1.54, 1.807) is 12.1 Å². The molecule has 2 N–H and O–H groups in total. The molecule has 0 unspecified atom stereocenters. The van der Waals surface area contributed by atoms with Gasteiger partial charge in [-0.25, -0.2) is 0 Å². The van der Waals surface area contributed by atoms with E-state index in [1.165, 1.54) is 24.3 Å². The van der Waals surface area contributed by atoms with Gasteiger partial charge in [0.25, 0.3) is 5.91 Å². The van der Waals surface area contributed by atoms with Crippen LogP contribution in [0, 0.1) is 0 Å². The molecule has 0 saturated heterocycles. The number of benzene rings is 3. The molecule has 0 fully saturated rings. The third-order valence-corrected chi connectivity index (χ3v) is 4.10. The normalized spacial score (nSPS) is 10.4. The number of phenols is 1. The molecule has 0 bridgehead atoms. The summed E-state index contributed by atoms with van der Waals surface area (Å²) in [6.07, 6.45) is 0. The fourth-order valence-electron chi connectivity index (χ4n) is 2.34. The van der Waals surface area contributed by atoms with Crippen LogP contribution in [0.15, 0.2) is 66.7 Å². The van der Waals surface area contributed by atoms with Crippen LogP contribution in [0.4, 0.5) is 5.69 Å². The quantitative estimate of drug-likeness (QED) is 0.565. The summed E-state index contributed by atoms with van der Waals surface area (Å²) in [5.41, 5.74) is 1.44. The Kier molecular flexibility index (Phi) is 5.66. The van der Waals surface area contributed by atoms with E-state index < -0.39 is 5.91 Å². The number of phenolic OH excluding ortho intramolecular Hbond substituents is 1. The topological polar surface area (TPSA) is 58.6 Å². The van der Waals surface area contributed by atoms with Crippen molar-refractivity contribution in [2.24, 2.45) is 0 Å². The SMILES string of the molecule is O=C(Nc1cc(Cl)ccc1O)c1cc(Cl)ccc1OCc1ccccc1. The van der Waals surface area contributed by atoms with Crippen LogP contribution < -0.4 is 10.1 Å². The van der Waals surface area contributed by atoms with Crippen LogP contribution in [-0.4, -0.2) is 11.0 Å². The van der Waals surface area contributed by atoms with Gasteiger partial charge in [-0.2, -0.15) is 0 Å². The zero-order valence-corrected chi connectivity index (χ0v) is 15.1. The van der Waals surface area contributed by atoms with Gasteiger partial charge in [-0.1, -0.05) is 53.5 Å². The van der Waals surface area contributed by atoms with Gasteiger partial charge in [0.05, 0.1) is 11.3 Å². The molecule has 132 valence electrons. The van der Waals surface area contributed by atoms with Crippen LogP contribution in [0.1, 0.15) is 15.9 Å². The van der Waals surface area contributed by atoms with E-state index in [9.17, 15) is 9.90 Å². The Hall–Kier alpha value is -2.69. The lowest BCUT2D eigenvalue weighted by Gasteiger charge is -2.13. The number of anilines is 1. The largest absolute Gasteiger partial charge is 0.506 e. The number of nitrogens with one attached hydrogen (secondary N) is 1. The van der Waals surface area contributed by atoms with Crippen molar-refractivity contribution in [1.29, 1.82) is 0 Å². The zero-order chi connectivity index (χ0) is 18.5. The molecule has 3 aromatic carbocycles. The summed E-state index contributed by atoms with van der Waals surface area (Å²) in [7, 11) is 0. The van der Waals surface area contributed by atoms with Gasteiger partial charge in [-0.15, -0.1) is 0 Å². The highest BCUT2D eigenvalue weighted by molar-refractivity contribution is 6.31. The summed E-state index contributed by atoms with van der Waals surface area (Å²) in [5.74, 6) is -0.165. The smallest absolute Gasteiger partial charge is 0.259 e. The molecule has 4 nitrogen and oxygen atoms in total. The van der Waals surface area contributed by atoms with E-state index in [2.05, 4.69) is 5.32 Å². The highest BCUT2D eigenvalue weighted by Crippen LogP contribution is 2.29. The molecular formula is C20H15Cl2NO3. The Bertz CT molecular complexity index is 930. The van der Waals surface area contributed by atoms with Crippen molar-refractivity contribution >= 4 is 34.8 Å². The van der Waals surface area contributed by atoms with E-state index in [1.807, 2.05) is 30.3 Å². The molecule has 0 aromatic heterocycles. The summed E-state index contributed by atoms with van der Waals surface area (Å²) in [4.78, 5) is 12.7. The lowest BCUT2D eigenvalue weighted by Crippen LogP contribution is -2.14. The van der Waals surface area contributed by atoms with Crippen LogP contribution in [0.25, 0.3) is 0 Å². The van der Waals surface area contributed by atoms with Crippen molar-refractivity contribution in [2.75, 3.05) is 5.32 Å². The maximum absolute atomic E-state index is 12.7. The molecule has 0 atom stereocenters. The van der Waals surface area contributed by atoms with Crippen molar-refractivity contribution in [1.82, 2.24) is 0 Å². The number of carbonyl (C=O) groups is 1. The minimum atomic E-state index is -0.465. The number of ether oxygens (including phenoxy) is 1. The minimum Gasteiger partial charge on any atom is -0.506 e. The molecule has 3 rings (SSSR count). The zero-order valence-electron chi connectivity index (χ0n) is 13.6. The van der Waals surface area contributed by atoms with Gasteiger partial charge in [-0.3, -0.25) is 4.79 Å². The Balaban J connectivity index is 1.82. The monoisotopic (exact) mass is 387 g/mol. The van der Waals surface area contributed by atoms with Gasteiger partial charge in [0.2, 0.25) is 0 Å². The minimum absolute atomic E-state index is 0.0865. The fourth-order valence-corrected chi connectivity index (χ4v) is 2.68. The first kappa shape index (κ1) is 18.1. The van der Waals surface area contributed by atoms with E-state index in [-0.39, 0.29) is 17.0 Å². The van der Waals surface area contributed by atoms with Crippen LogP contribution in [0.5, 0.6) is 11.5 Å². The van der Waals surface area contributed by atoms with Gasteiger partial charge in [0.1, 0.15) is 18.1 Å². The predicted octanol–water partition coefficient (Wildman–Crippen LogP) is 5.53. The van der Waals surface area contributed by atoms with Crippen LogP contribution in [0.3, 0.4) is 0 Å². The summed E-state index contributed by atoms with van der Waals surface area (Å²) in [6, 6.07) is 18.8. The molecule has 6 heteroatoms. The molecule has 0 spiro atoms. The second-order valence-electron chi connectivity index (χ2n) is 5.53. The number of rotatable bonds is 5. The molecule has 0 aliphatic heterocycles. The first-order valence-electron chi connectivity index (χ1n) is 7.79. The van der Waals surface area contributed by atoms with Crippen molar-refractivity contribution < 1.29 is 14.6 Å². The van der Waals surface area contributed by atoms with Gasteiger partial charge in [0, 0.05) is 10.0 Å². The van der Waals surface area contributed by atoms with Crippen LogP contribution >= 0.6 is 23.2 Å². The Labute approximate surface area is 161 Å². The molecular weight excluding hydrogens is 373 g/mol. The van der Waals surface area contributed by atoms with Gasteiger partial charge >= 0.3 is 0 Å². The lowest BCUT2D eigenvalue weighted by molar-refractivity contribution is 0.102. The molecule has 0 aliphatic rings. The summed E-state index contributed by atoms with van der Waals surface area (Å²) < 4.78 is 5.78. The Morgan fingerprint density at radius 3 is 2.42 bits per heavy atom. The second kappa shape index (κ2) is 8.13. The number of halogens is 2. The molecule has 1 amide bonds. The predicted molar refractivity (Wildman–Crippen MR) is 103 cm³/mol. The molecule has 0 radical (unpaired) electrons. The summed E-state index contributed by atoms with van der Waals surface area (Å²) >= 11 is 11.9. The van der Waals surface area contributed by atoms with Gasteiger partial charge in [0.15, 0.2) is 0 Å². The van der Waals surface area contributed by atoms with Crippen molar-refractivity contribution in [3.8, 4) is 11.5 Å². The average molecular weight is 388 g/mol. The van der Waals surface area contributed by atoms with E-state index in [0.29, 0.717) is 22.4 Å². The van der Waals surface area contributed by atoms with Crippen molar-refractivity contribution in [2.45, 2.75) is 6.61 Å². The Morgan fingerprint density at radius 2 is 1.65 bits per heavy atom. The number of carbonyl (C=O) groups excluding carboxylic acids is 1. The van der Waals surface area contributed by atoms with Crippen molar-refractivity contribution in [3.63, 3.8) is 0 Å². The molecule has 0 saturated carbocycles. The first-order valence-corrected chi connectivity index (χ1v) is 8.54. The fraction of sp³-hybridized carbons (Fsp3) is 0.0500.